The van der Waals surface area contributed by atoms with E-state index in [0.29, 0.717) is 10.8 Å². The van der Waals surface area contributed by atoms with Gasteiger partial charge < -0.3 is 4.98 Å². The van der Waals surface area contributed by atoms with Crippen LogP contribution < -0.4 is 5.43 Å². The van der Waals surface area contributed by atoms with Crippen molar-refractivity contribution in [1.29, 1.82) is 0 Å². The lowest BCUT2D eigenvalue weighted by Gasteiger charge is -2.07. The summed E-state index contributed by atoms with van der Waals surface area (Å²) < 4.78 is 0. The summed E-state index contributed by atoms with van der Waals surface area (Å²) >= 11 is 0. The van der Waals surface area contributed by atoms with Gasteiger partial charge in [0.1, 0.15) is 0 Å². The Balaban J connectivity index is 2.12. The second kappa shape index (κ2) is 4.40. The Hall–Kier alpha value is -3.20. The quantitative estimate of drug-likeness (QED) is 0.340. The third kappa shape index (κ3) is 1.64. The van der Waals surface area contributed by atoms with Crippen molar-refractivity contribution < 1.29 is 0 Å². The number of aromatic amines is 1. The predicted octanol–water partition coefficient (Wildman–Crippen LogP) is 4.38. The Kier molecular flexibility index (Phi) is 2.36. The van der Waals surface area contributed by atoms with Crippen molar-refractivity contribution in [1.82, 2.24) is 9.97 Å². The fourth-order valence-corrected chi connectivity index (χ4v) is 3.30. The molecular formula is C20H12N2O. The molecule has 3 aromatic carbocycles. The van der Waals surface area contributed by atoms with Crippen LogP contribution in [0.4, 0.5) is 0 Å². The van der Waals surface area contributed by atoms with Gasteiger partial charge in [-0.2, -0.15) is 0 Å². The van der Waals surface area contributed by atoms with E-state index in [9.17, 15) is 4.79 Å². The molecule has 0 aliphatic carbocycles. The van der Waals surface area contributed by atoms with E-state index in [-0.39, 0.29) is 5.43 Å². The molecule has 0 aliphatic heterocycles. The fourth-order valence-electron chi connectivity index (χ4n) is 3.30. The van der Waals surface area contributed by atoms with E-state index in [1.54, 1.807) is 0 Å². The van der Waals surface area contributed by atoms with E-state index >= 15 is 0 Å². The zero-order valence-corrected chi connectivity index (χ0v) is 12.2. The molecule has 0 saturated carbocycles. The number of nitrogens with zero attached hydrogens (tertiary/aromatic N) is 1. The summed E-state index contributed by atoms with van der Waals surface area (Å²) in [5.41, 5.74) is 2.55. The summed E-state index contributed by atoms with van der Waals surface area (Å²) in [5.74, 6) is 0. The molecule has 0 atom stereocenters. The second-order valence-electron chi connectivity index (χ2n) is 5.72. The maximum absolute atomic E-state index is 12.9. The number of pyridine rings is 2. The van der Waals surface area contributed by atoms with Crippen molar-refractivity contribution in [2.75, 3.05) is 0 Å². The molecule has 0 saturated heterocycles. The van der Waals surface area contributed by atoms with Crippen molar-refractivity contribution in [2.24, 2.45) is 0 Å². The Labute approximate surface area is 131 Å². The third-order valence-electron chi connectivity index (χ3n) is 4.43. The monoisotopic (exact) mass is 296 g/mol. The predicted molar refractivity (Wildman–Crippen MR) is 94.9 cm³/mol. The van der Waals surface area contributed by atoms with Crippen LogP contribution in [0.1, 0.15) is 0 Å². The van der Waals surface area contributed by atoms with Crippen LogP contribution in [0.3, 0.4) is 0 Å². The maximum atomic E-state index is 12.9. The van der Waals surface area contributed by atoms with Gasteiger partial charge in [0.15, 0.2) is 5.43 Å². The molecule has 108 valence electrons. The van der Waals surface area contributed by atoms with Gasteiger partial charge in [-0.15, -0.1) is 0 Å². The van der Waals surface area contributed by atoms with Crippen LogP contribution >= 0.6 is 0 Å². The maximum Gasteiger partial charge on any atom is 0.197 e. The van der Waals surface area contributed by atoms with Crippen molar-refractivity contribution in [3.63, 3.8) is 0 Å². The normalized spacial score (nSPS) is 11.7. The SMILES string of the molecule is O=c1c2ccc3ccccc3c2nc2c1ccc1[nH]cccc12. The van der Waals surface area contributed by atoms with Gasteiger partial charge in [-0.3, -0.25) is 4.79 Å². The van der Waals surface area contributed by atoms with Crippen LogP contribution in [0.15, 0.2) is 71.7 Å². The molecule has 2 aromatic heterocycles. The summed E-state index contributed by atoms with van der Waals surface area (Å²) in [6.07, 6.45) is 1.88. The standard InChI is InChI=1S/C20H12N2O/c23-20-15-8-7-12-4-1-2-5-13(12)18(15)22-19-14-6-3-11-21-17(14)10-9-16(19)20/h1-11,21H. The fraction of sp³-hybridized carbons (Fsp3) is 0. The van der Waals surface area contributed by atoms with E-state index in [1.165, 1.54) is 0 Å². The Morgan fingerprint density at radius 2 is 1.43 bits per heavy atom. The van der Waals surface area contributed by atoms with Crippen molar-refractivity contribution in [3.8, 4) is 0 Å². The Bertz CT molecular complexity index is 1190. The van der Waals surface area contributed by atoms with Crippen molar-refractivity contribution >= 4 is 43.5 Å². The smallest absolute Gasteiger partial charge is 0.197 e. The van der Waals surface area contributed by atoms with Crippen LogP contribution in [0.25, 0.3) is 43.5 Å². The summed E-state index contributed by atoms with van der Waals surface area (Å²) in [7, 11) is 0. The lowest BCUT2D eigenvalue weighted by atomic mass is 10.0. The highest BCUT2D eigenvalue weighted by Gasteiger charge is 2.11. The van der Waals surface area contributed by atoms with E-state index < -0.39 is 0 Å². The van der Waals surface area contributed by atoms with E-state index in [4.69, 9.17) is 4.98 Å². The largest absolute Gasteiger partial charge is 0.361 e. The minimum Gasteiger partial charge on any atom is -0.361 e. The second-order valence-corrected chi connectivity index (χ2v) is 5.72. The first-order valence-corrected chi connectivity index (χ1v) is 7.54. The first-order valence-electron chi connectivity index (χ1n) is 7.54. The van der Waals surface area contributed by atoms with Gasteiger partial charge in [-0.25, -0.2) is 4.98 Å². The minimum atomic E-state index is 0.0431. The average Bonchev–Trinajstić information content (AvgIpc) is 2.61. The molecule has 5 rings (SSSR count). The van der Waals surface area contributed by atoms with Gasteiger partial charge in [0, 0.05) is 33.3 Å². The molecule has 5 aromatic rings. The van der Waals surface area contributed by atoms with E-state index in [2.05, 4.69) is 4.98 Å². The first kappa shape index (κ1) is 12.4. The lowest BCUT2D eigenvalue weighted by Crippen LogP contribution is -2.04. The lowest BCUT2D eigenvalue weighted by molar-refractivity contribution is 1.41. The highest BCUT2D eigenvalue weighted by Crippen LogP contribution is 2.26. The summed E-state index contributed by atoms with van der Waals surface area (Å²) in [6.45, 7) is 0. The summed E-state index contributed by atoms with van der Waals surface area (Å²) in [5, 5.41) is 4.42. The summed E-state index contributed by atoms with van der Waals surface area (Å²) in [4.78, 5) is 21.0. The molecule has 1 N–H and O–H groups in total. The van der Waals surface area contributed by atoms with Gasteiger partial charge in [-0.1, -0.05) is 30.3 Å². The number of aromatic nitrogens is 2. The third-order valence-corrected chi connectivity index (χ3v) is 4.43. The number of H-pyrrole nitrogens is 1. The zero-order valence-electron chi connectivity index (χ0n) is 12.2. The van der Waals surface area contributed by atoms with Crippen LogP contribution in [0.5, 0.6) is 0 Å². The Morgan fingerprint density at radius 3 is 2.35 bits per heavy atom. The number of rotatable bonds is 0. The molecule has 3 nitrogen and oxygen atoms in total. The molecule has 2 heterocycles. The van der Waals surface area contributed by atoms with Crippen LogP contribution in [0, 0.1) is 0 Å². The van der Waals surface area contributed by atoms with Crippen LogP contribution in [0.2, 0.25) is 0 Å². The molecule has 0 unspecified atom stereocenters. The number of nitrogens with one attached hydrogen (secondary N) is 1. The summed E-state index contributed by atoms with van der Waals surface area (Å²) in [6, 6.07) is 19.6. The molecule has 0 bridgehead atoms. The van der Waals surface area contributed by atoms with Crippen LogP contribution in [-0.2, 0) is 0 Å². The molecule has 3 heteroatoms. The highest BCUT2D eigenvalue weighted by molar-refractivity contribution is 6.12. The molecule has 0 radical (unpaired) electrons. The average molecular weight is 296 g/mol. The van der Waals surface area contributed by atoms with Gasteiger partial charge in [0.25, 0.3) is 0 Å². The molecule has 0 fully saturated rings. The van der Waals surface area contributed by atoms with Crippen LogP contribution in [-0.4, -0.2) is 9.97 Å². The molecule has 23 heavy (non-hydrogen) atoms. The van der Waals surface area contributed by atoms with Gasteiger partial charge in [0.2, 0.25) is 0 Å². The number of benzene rings is 3. The number of hydrogen-bond donors (Lipinski definition) is 1. The number of hydrogen-bond acceptors (Lipinski definition) is 2. The van der Waals surface area contributed by atoms with Gasteiger partial charge >= 0.3 is 0 Å². The van der Waals surface area contributed by atoms with Crippen molar-refractivity contribution in [2.45, 2.75) is 0 Å². The molecule has 0 spiro atoms. The van der Waals surface area contributed by atoms with Crippen molar-refractivity contribution in [3.05, 3.63) is 77.1 Å². The Morgan fingerprint density at radius 1 is 0.696 bits per heavy atom. The molecular weight excluding hydrogens is 284 g/mol. The minimum absolute atomic E-state index is 0.0431. The van der Waals surface area contributed by atoms with E-state index in [0.717, 1.165) is 32.7 Å². The highest BCUT2D eigenvalue weighted by atomic mass is 16.1. The molecule has 0 amide bonds. The zero-order chi connectivity index (χ0) is 15.4. The van der Waals surface area contributed by atoms with Gasteiger partial charge in [-0.05, 0) is 35.7 Å². The van der Waals surface area contributed by atoms with Gasteiger partial charge in [0.05, 0.1) is 11.0 Å². The number of fused-ring (bicyclic) bond motifs is 6. The molecule has 0 aliphatic rings. The topological polar surface area (TPSA) is 45.8 Å². The first-order chi connectivity index (χ1) is 11.3. The van der Waals surface area contributed by atoms with E-state index in [1.807, 2.05) is 66.9 Å².